The van der Waals surface area contributed by atoms with Crippen molar-refractivity contribution in [3.05, 3.63) is 358 Å². The predicted molar refractivity (Wildman–Crippen MR) is 442 cm³/mol. The summed E-state index contributed by atoms with van der Waals surface area (Å²) in [5, 5.41) is 15.3. The molecular weight excluding hydrogens is 1380 g/mol. The second-order valence-electron chi connectivity index (χ2n) is 27.0. The van der Waals surface area contributed by atoms with E-state index in [-0.39, 0.29) is 0 Å². The van der Waals surface area contributed by atoms with Crippen LogP contribution in [0, 0.1) is 11.3 Å². The molecule has 522 valence electrons. The fourth-order valence-corrected chi connectivity index (χ4v) is 14.7. The number of nitriles is 1. The van der Waals surface area contributed by atoms with Crippen LogP contribution in [0.25, 0.3) is 203 Å². The van der Waals surface area contributed by atoms with Gasteiger partial charge in [0.2, 0.25) is 0 Å². The molecule has 0 spiro atoms. The smallest absolute Gasteiger partial charge is 0.164 e. The molecule has 20 aromatic rings. The molecule has 0 unspecified atom stereocenters. The molecule has 0 fully saturated rings. The van der Waals surface area contributed by atoms with Crippen LogP contribution in [0.4, 0.5) is 0 Å². The summed E-state index contributed by atoms with van der Waals surface area (Å²) in [4.78, 5) is 68.1. The summed E-state index contributed by atoms with van der Waals surface area (Å²) in [5.74, 6) is 6.04. The lowest BCUT2D eigenvalue weighted by Gasteiger charge is -2.20. The zero-order chi connectivity index (χ0) is 74.4. The zero-order valence-electron chi connectivity index (χ0n) is 59.6. The summed E-state index contributed by atoms with van der Waals surface area (Å²) in [6, 6.07) is 116. The molecule has 0 atom stereocenters. The molecule has 0 aliphatic carbocycles. The van der Waals surface area contributed by atoms with Gasteiger partial charge in [0.15, 0.2) is 69.9 Å². The van der Waals surface area contributed by atoms with Gasteiger partial charge in [-0.15, -0.1) is 0 Å². The van der Waals surface area contributed by atoms with E-state index < -0.39 is 0 Å². The first-order chi connectivity index (χ1) is 55.4. The van der Waals surface area contributed by atoms with E-state index in [9.17, 15) is 5.26 Å². The number of nitrogens with zero attached hydrogens (tertiary/aromatic N) is 16. The molecule has 16 nitrogen and oxygen atoms in total. The molecule has 7 aromatic heterocycles. The minimum atomic E-state index is 0.429. The lowest BCUT2D eigenvalue weighted by Crippen LogP contribution is -2.06. The third kappa shape index (κ3) is 12.2. The van der Waals surface area contributed by atoms with Gasteiger partial charge in [-0.2, -0.15) is 5.26 Å². The minimum Gasteiger partial charge on any atom is -0.307 e. The Balaban J connectivity index is 0.889. The van der Waals surface area contributed by atoms with Gasteiger partial charge in [0.05, 0.1) is 57.5 Å². The lowest BCUT2D eigenvalue weighted by molar-refractivity contribution is 1.07. The Morgan fingerprint density at radius 2 is 0.402 bits per heavy atom. The second kappa shape index (κ2) is 28.1. The normalized spacial score (nSPS) is 11.4. The van der Waals surface area contributed by atoms with Crippen molar-refractivity contribution in [1.29, 1.82) is 5.26 Å². The van der Waals surface area contributed by atoms with Crippen LogP contribution >= 0.6 is 0 Å². The molecule has 13 aromatic carbocycles. The first-order valence-electron chi connectivity index (χ1n) is 36.6. The number of rotatable bonds is 15. The van der Waals surface area contributed by atoms with Crippen LogP contribution in [0.15, 0.2) is 352 Å². The Morgan fingerprint density at radius 3 is 0.616 bits per heavy atom. The summed E-state index contributed by atoms with van der Waals surface area (Å²) in [5.41, 5.74) is 15.8. The summed E-state index contributed by atoms with van der Waals surface area (Å²) >= 11 is 0. The Morgan fingerprint density at radius 1 is 0.205 bits per heavy atom. The number of aromatic nitrogens is 15. The van der Waals surface area contributed by atoms with E-state index >= 15 is 0 Å². The third-order valence-corrected chi connectivity index (χ3v) is 20.1. The van der Waals surface area contributed by atoms with Gasteiger partial charge in [0, 0.05) is 99.4 Å². The van der Waals surface area contributed by atoms with Gasteiger partial charge in [-0.3, -0.25) is 4.98 Å². The highest BCUT2D eigenvalue weighted by Gasteiger charge is 2.28. The van der Waals surface area contributed by atoms with Crippen molar-refractivity contribution in [2.45, 2.75) is 0 Å². The Bertz CT molecular complexity index is 6050. The predicted octanol–water partition coefficient (Wildman–Crippen LogP) is 21.6. The summed E-state index contributed by atoms with van der Waals surface area (Å²) in [6.07, 6.45) is 3.79. The van der Waals surface area contributed by atoms with Gasteiger partial charge < -0.3 is 9.13 Å². The van der Waals surface area contributed by atoms with Crippen LogP contribution in [-0.2, 0) is 0 Å². The van der Waals surface area contributed by atoms with E-state index in [1.807, 2.05) is 279 Å². The van der Waals surface area contributed by atoms with Crippen molar-refractivity contribution in [3.8, 4) is 165 Å². The average Bonchev–Trinajstić information content (AvgIpc) is 1.56. The maximum atomic E-state index is 11.6. The quantitative estimate of drug-likeness (QED) is 0.0938. The molecule has 0 amide bonds. The van der Waals surface area contributed by atoms with E-state index in [4.69, 9.17) is 64.8 Å². The molecule has 20 rings (SSSR count). The van der Waals surface area contributed by atoms with Crippen molar-refractivity contribution in [3.63, 3.8) is 0 Å². The van der Waals surface area contributed by atoms with E-state index in [1.54, 1.807) is 0 Å². The minimum absolute atomic E-state index is 0.429. The zero-order valence-corrected chi connectivity index (χ0v) is 59.6. The molecule has 0 saturated carbocycles. The maximum absolute atomic E-state index is 11.6. The summed E-state index contributed by atoms with van der Waals surface area (Å²) in [6.45, 7) is 0. The maximum Gasteiger partial charge on any atom is 0.164 e. The van der Waals surface area contributed by atoms with Crippen molar-refractivity contribution in [2.75, 3.05) is 0 Å². The molecule has 0 aliphatic rings. The van der Waals surface area contributed by atoms with Crippen LogP contribution in [-0.4, -0.2) is 73.9 Å². The van der Waals surface area contributed by atoms with Gasteiger partial charge in [-0.05, 0) is 30.3 Å². The molecule has 0 bridgehead atoms. The van der Waals surface area contributed by atoms with Crippen LogP contribution in [0.2, 0.25) is 0 Å². The lowest BCUT2D eigenvalue weighted by atomic mass is 9.97. The molecule has 0 aliphatic heterocycles. The second-order valence-corrected chi connectivity index (χ2v) is 27.0. The molecule has 7 heterocycles. The van der Waals surface area contributed by atoms with Gasteiger partial charge in [-0.1, -0.05) is 309 Å². The Kier molecular flexibility index (Phi) is 16.5. The summed E-state index contributed by atoms with van der Waals surface area (Å²) in [7, 11) is 0. The Hall–Kier alpha value is -15.9. The van der Waals surface area contributed by atoms with Crippen LogP contribution in [0.1, 0.15) is 5.56 Å². The van der Waals surface area contributed by atoms with Crippen LogP contribution in [0.3, 0.4) is 0 Å². The SMILES string of the molecule is N#Cc1ccccc1-c1c(-n2c3cc(-c4nc(-c5ccccc5)nc(-c5ccccc5)n4)ccc3c3ccc(-c4nc(-c5ccccc5)nc(-c5ccccc5)n4)cc32)cncc1-n1c2cc(-c3nc(-c4ccccc4)nc(-c4ccccc4)n3)ccc2c2ccc(-c3nc(-c4ccccc4)nc(-c4ccccc4)n3)cc21. The number of hydrogen-bond donors (Lipinski definition) is 0. The highest BCUT2D eigenvalue weighted by molar-refractivity contribution is 6.14. The highest BCUT2D eigenvalue weighted by atomic mass is 15.1. The number of benzene rings is 13. The van der Waals surface area contributed by atoms with Crippen molar-refractivity contribution >= 4 is 43.6 Å². The van der Waals surface area contributed by atoms with E-state index in [0.717, 1.165) is 110 Å². The van der Waals surface area contributed by atoms with Gasteiger partial charge >= 0.3 is 0 Å². The third-order valence-electron chi connectivity index (χ3n) is 20.1. The summed E-state index contributed by atoms with van der Waals surface area (Å²) < 4.78 is 4.50. The molecule has 0 saturated heterocycles. The van der Waals surface area contributed by atoms with Crippen molar-refractivity contribution < 1.29 is 0 Å². The van der Waals surface area contributed by atoms with E-state index in [1.165, 1.54) is 0 Å². The first-order valence-corrected chi connectivity index (χ1v) is 36.6. The number of pyridine rings is 1. The fraction of sp³-hybridized carbons (Fsp3) is 0. The fourth-order valence-electron chi connectivity index (χ4n) is 14.7. The van der Waals surface area contributed by atoms with E-state index in [2.05, 4.69) is 88.0 Å². The Labute approximate surface area is 641 Å². The molecular formula is C96H58N16. The van der Waals surface area contributed by atoms with Crippen molar-refractivity contribution in [2.24, 2.45) is 0 Å². The van der Waals surface area contributed by atoms with Gasteiger partial charge in [0.1, 0.15) is 0 Å². The standard InChI is InChI=1S/C96H58N16/c97-57-72-43-25-26-44-73(72)84-82(111-78-53-68(93-103-85(60-27-9-1-10-28-60)99-86(104-93)61-29-11-2-12-30-61)45-49-74(78)75-50-46-69(54-79(75)111)94-105-87(62-31-13-3-14-32-62)100-88(106-94)63-33-15-4-16-34-63)58-98-59-83(84)112-80-55-70(95-107-89(64-35-17-5-18-36-64)101-90(108-95)65-37-19-6-20-38-65)47-51-76(80)77-52-48-71(56-81(77)112)96-109-91(66-39-21-7-22-40-66)102-92(110-96)67-41-23-8-24-42-67/h1-56,58-59H. The largest absolute Gasteiger partial charge is 0.307 e. The van der Waals surface area contributed by atoms with Crippen LogP contribution in [0.5, 0.6) is 0 Å². The molecule has 112 heavy (non-hydrogen) atoms. The molecule has 0 radical (unpaired) electrons. The topological polar surface area (TPSA) is 201 Å². The number of fused-ring (bicyclic) bond motifs is 6. The van der Waals surface area contributed by atoms with Crippen molar-refractivity contribution in [1.82, 2.24) is 73.9 Å². The van der Waals surface area contributed by atoms with Gasteiger partial charge in [0.25, 0.3) is 0 Å². The first kappa shape index (κ1) is 65.6. The van der Waals surface area contributed by atoms with E-state index in [0.29, 0.717) is 98.0 Å². The van der Waals surface area contributed by atoms with Crippen LogP contribution < -0.4 is 0 Å². The highest BCUT2D eigenvalue weighted by Crippen LogP contribution is 2.46. The number of hydrogen-bond acceptors (Lipinski definition) is 14. The molecule has 0 N–H and O–H groups in total. The monoisotopic (exact) mass is 1430 g/mol. The molecule has 16 heteroatoms. The van der Waals surface area contributed by atoms with Gasteiger partial charge in [-0.25, -0.2) is 59.8 Å². The average molecular weight is 1440 g/mol.